The van der Waals surface area contributed by atoms with Gasteiger partial charge in [0.25, 0.3) is 11.8 Å². The minimum atomic E-state index is -1.96. The normalized spacial score (nSPS) is 29.2. The Hall–Kier alpha value is -4.31. The number of rotatable bonds is 5. The van der Waals surface area contributed by atoms with Gasteiger partial charge in [0.2, 0.25) is 11.8 Å². The van der Waals surface area contributed by atoms with Crippen LogP contribution in [0, 0.1) is 17.8 Å². The Balaban J connectivity index is 1.22. The molecule has 49 heavy (non-hydrogen) atoms. The molecule has 4 aromatic rings. The van der Waals surface area contributed by atoms with Gasteiger partial charge in [-0.15, -0.1) is 23.2 Å². The Labute approximate surface area is 299 Å². The number of imide groups is 2. The van der Waals surface area contributed by atoms with Crippen LogP contribution in [0.3, 0.4) is 0 Å². The average molecular weight is 758 g/mol. The number of fused-ring (bicyclic) bond motifs is 5. The maximum atomic E-state index is 14.4. The van der Waals surface area contributed by atoms with E-state index < -0.39 is 51.1 Å². The van der Waals surface area contributed by atoms with Gasteiger partial charge in [-0.1, -0.05) is 88.2 Å². The third kappa shape index (κ3) is 4.31. The molecule has 0 bridgehead atoms. The van der Waals surface area contributed by atoms with Gasteiger partial charge in [0.15, 0.2) is 15.5 Å². The predicted octanol–water partition coefficient (Wildman–Crippen LogP) is 6.69. The number of aromatic hydroxyl groups is 1. The number of phenols is 1. The number of hydrogen-bond acceptors (Lipinski definition) is 6. The number of allylic oxidation sites excluding steroid dienone is 2. The van der Waals surface area contributed by atoms with Crippen LogP contribution in [0.25, 0.3) is 10.8 Å². The molecule has 0 spiro atoms. The molecule has 4 amide bonds. The zero-order chi connectivity index (χ0) is 34.4. The second-order valence-electron chi connectivity index (χ2n) is 13.0. The van der Waals surface area contributed by atoms with Crippen molar-refractivity contribution in [3.8, 4) is 5.75 Å². The fraction of sp³-hybridized carbons (Fsp3) is 0.237. The Morgan fingerprint density at radius 2 is 1.45 bits per heavy atom. The van der Waals surface area contributed by atoms with Crippen molar-refractivity contribution in [2.24, 2.45) is 17.8 Å². The molecule has 8 nitrogen and oxygen atoms in total. The Bertz CT molecular complexity index is 2160. The molecule has 11 heteroatoms. The molecular weight excluding hydrogens is 731 g/mol. The van der Waals surface area contributed by atoms with Crippen molar-refractivity contribution in [1.82, 2.24) is 4.90 Å². The molecule has 1 N–H and O–H groups in total. The van der Waals surface area contributed by atoms with Crippen molar-refractivity contribution in [2.75, 3.05) is 10.4 Å². The van der Waals surface area contributed by atoms with Gasteiger partial charge in [-0.2, -0.15) is 0 Å². The molecule has 4 aromatic carbocycles. The maximum absolute atomic E-state index is 14.4. The van der Waals surface area contributed by atoms with Crippen molar-refractivity contribution >= 4 is 85.0 Å². The van der Waals surface area contributed by atoms with Gasteiger partial charge in [0.1, 0.15) is 5.75 Å². The summed E-state index contributed by atoms with van der Waals surface area (Å²) < 4.78 is 0. The molecule has 2 aliphatic heterocycles. The average Bonchev–Trinajstić information content (AvgIpc) is 3.46. The number of benzene rings is 4. The van der Waals surface area contributed by atoms with Crippen LogP contribution in [-0.4, -0.2) is 54.6 Å². The van der Waals surface area contributed by atoms with Crippen LogP contribution in [0.4, 0.5) is 5.69 Å². The number of carbonyl (C=O) groups excluding carboxylic acids is 5. The molecule has 1 saturated carbocycles. The van der Waals surface area contributed by atoms with E-state index >= 15 is 0 Å². The van der Waals surface area contributed by atoms with Gasteiger partial charge in [0.05, 0.1) is 23.0 Å². The number of likely N-dealkylation sites (tertiary alicyclic amines) is 1. The molecule has 4 aliphatic rings. The fourth-order valence-electron chi connectivity index (χ4n) is 8.43. The number of ketones is 1. The molecule has 2 saturated heterocycles. The van der Waals surface area contributed by atoms with E-state index in [0.29, 0.717) is 38.7 Å². The summed E-state index contributed by atoms with van der Waals surface area (Å²) in [6, 6.07) is 25.5. The third-order valence-corrected chi connectivity index (χ3v) is 12.6. The van der Waals surface area contributed by atoms with Crippen molar-refractivity contribution in [3.63, 3.8) is 0 Å². The van der Waals surface area contributed by atoms with E-state index in [1.54, 1.807) is 78.9 Å². The first-order valence-corrected chi connectivity index (χ1v) is 17.7. The number of nitrogens with zero attached hydrogens (tertiary/aromatic N) is 2. The Kier molecular flexibility index (Phi) is 7.41. The first kappa shape index (κ1) is 31.9. The van der Waals surface area contributed by atoms with Crippen molar-refractivity contribution in [1.29, 1.82) is 0 Å². The molecule has 2 aliphatic carbocycles. The highest BCUT2D eigenvalue weighted by Crippen LogP contribution is 2.66. The van der Waals surface area contributed by atoms with Gasteiger partial charge in [-0.3, -0.25) is 33.8 Å². The highest BCUT2D eigenvalue weighted by molar-refractivity contribution is 9.09. The molecule has 246 valence electrons. The second kappa shape index (κ2) is 11.4. The van der Waals surface area contributed by atoms with Crippen LogP contribution in [0.2, 0.25) is 0 Å². The molecule has 8 rings (SSSR count). The number of anilines is 1. The minimum Gasteiger partial charge on any atom is -0.507 e. The molecule has 6 unspecified atom stereocenters. The molecule has 3 fully saturated rings. The topological polar surface area (TPSA) is 112 Å². The summed E-state index contributed by atoms with van der Waals surface area (Å²) in [7, 11) is 0. The van der Waals surface area contributed by atoms with Crippen LogP contribution in [-0.2, 0) is 19.2 Å². The van der Waals surface area contributed by atoms with Crippen molar-refractivity contribution in [2.45, 2.75) is 28.5 Å². The second-order valence-corrected chi connectivity index (χ2v) is 14.7. The number of phenolic OH excluding ortho intramolecular Hbond substituents is 1. The van der Waals surface area contributed by atoms with Gasteiger partial charge >= 0.3 is 0 Å². The lowest BCUT2D eigenvalue weighted by atomic mass is 9.56. The number of hydrogen-bond donors (Lipinski definition) is 1. The van der Waals surface area contributed by atoms with Crippen LogP contribution in [0.1, 0.15) is 40.2 Å². The lowest BCUT2D eigenvalue weighted by Crippen LogP contribution is -2.60. The summed E-state index contributed by atoms with van der Waals surface area (Å²) >= 11 is 18.0. The number of amides is 4. The van der Waals surface area contributed by atoms with Gasteiger partial charge in [-0.05, 0) is 60.0 Å². The standard InChI is InChI=1S/C38H27BrCl2N2O6/c39-19-42-35(48)37(40)18-28-26(31(38(37,41)36(42)49)25-16-17-29(44)24-9-5-4-8-23(24)25)14-15-27-30(28)34(47)43(33(27)46)22-12-10-21(11-13-22)32(45)20-6-2-1-3-7-20/h1-14,16-17,27-28,30-31,44H,15,18-19H2. The van der Waals surface area contributed by atoms with E-state index in [1.807, 2.05) is 12.1 Å². The first-order valence-electron chi connectivity index (χ1n) is 15.8. The quantitative estimate of drug-likeness (QED) is 0.0799. The monoisotopic (exact) mass is 756 g/mol. The highest BCUT2D eigenvalue weighted by atomic mass is 79.9. The Morgan fingerprint density at radius 3 is 2.14 bits per heavy atom. The first-order chi connectivity index (χ1) is 23.5. The molecular formula is C38H27BrCl2N2O6. The SMILES string of the molecule is O=C(c1ccccc1)c1ccc(N2C(=O)C3CC=C4C(CC5(Cl)C(=O)N(CBr)C(=O)C5(Cl)C4c4ccc(O)c5ccccc45)C3C2=O)cc1. The smallest absolute Gasteiger partial charge is 0.254 e. The van der Waals surface area contributed by atoms with Crippen LogP contribution in [0.15, 0.2) is 103 Å². The number of halogens is 3. The summed E-state index contributed by atoms with van der Waals surface area (Å²) in [6.07, 6.45) is 1.95. The van der Waals surface area contributed by atoms with Crippen molar-refractivity contribution in [3.05, 3.63) is 119 Å². The molecule has 6 atom stereocenters. The summed E-state index contributed by atoms with van der Waals surface area (Å²) in [5.74, 6) is -5.58. The number of alkyl halides is 3. The summed E-state index contributed by atoms with van der Waals surface area (Å²) in [5, 5.41) is 11.9. The van der Waals surface area contributed by atoms with Gasteiger partial charge in [0, 0.05) is 22.4 Å². The lowest BCUT2D eigenvalue weighted by Gasteiger charge is -2.51. The van der Waals surface area contributed by atoms with Crippen molar-refractivity contribution < 1.29 is 29.1 Å². The summed E-state index contributed by atoms with van der Waals surface area (Å²) in [6.45, 7) is 0. The van der Waals surface area contributed by atoms with Gasteiger partial charge < -0.3 is 5.11 Å². The van der Waals surface area contributed by atoms with Crippen LogP contribution >= 0.6 is 39.1 Å². The zero-order valence-corrected chi connectivity index (χ0v) is 28.8. The number of carbonyl (C=O) groups is 5. The third-order valence-electron chi connectivity index (χ3n) is 10.7. The van der Waals surface area contributed by atoms with Crippen LogP contribution in [0.5, 0.6) is 5.75 Å². The molecule has 0 aromatic heterocycles. The van der Waals surface area contributed by atoms with E-state index in [0.717, 1.165) is 9.80 Å². The maximum Gasteiger partial charge on any atom is 0.254 e. The van der Waals surface area contributed by atoms with Crippen LogP contribution < -0.4 is 4.90 Å². The lowest BCUT2D eigenvalue weighted by molar-refractivity contribution is -0.138. The molecule has 0 radical (unpaired) electrons. The highest BCUT2D eigenvalue weighted by Gasteiger charge is 2.76. The van der Waals surface area contributed by atoms with E-state index in [4.69, 9.17) is 23.2 Å². The van der Waals surface area contributed by atoms with Gasteiger partial charge in [-0.25, -0.2) is 0 Å². The predicted molar refractivity (Wildman–Crippen MR) is 188 cm³/mol. The Morgan fingerprint density at radius 1 is 0.796 bits per heavy atom. The zero-order valence-electron chi connectivity index (χ0n) is 25.7. The largest absolute Gasteiger partial charge is 0.507 e. The minimum absolute atomic E-state index is 0.0322. The van der Waals surface area contributed by atoms with E-state index in [2.05, 4.69) is 15.9 Å². The summed E-state index contributed by atoms with van der Waals surface area (Å²) in [4.78, 5) is 67.8. The van der Waals surface area contributed by atoms with E-state index in [-0.39, 0.29) is 35.7 Å². The molecule has 2 heterocycles. The van der Waals surface area contributed by atoms with E-state index in [9.17, 15) is 29.1 Å². The van der Waals surface area contributed by atoms with E-state index in [1.165, 1.54) is 6.07 Å². The summed E-state index contributed by atoms with van der Waals surface area (Å²) in [5.41, 5.74) is 2.37. The fourth-order valence-corrected chi connectivity index (χ4v) is 9.85.